The van der Waals surface area contributed by atoms with Gasteiger partial charge in [-0.3, -0.25) is 4.79 Å². The van der Waals surface area contributed by atoms with Gasteiger partial charge in [-0.05, 0) is 55.7 Å². The van der Waals surface area contributed by atoms with Crippen molar-refractivity contribution in [1.29, 1.82) is 0 Å². The van der Waals surface area contributed by atoms with E-state index in [1.165, 1.54) is 10.7 Å². The van der Waals surface area contributed by atoms with Crippen LogP contribution in [0.25, 0.3) is 0 Å². The molecule has 1 aromatic rings. The Labute approximate surface area is 192 Å². The zero-order valence-corrected chi connectivity index (χ0v) is 20.3. The summed E-state index contributed by atoms with van der Waals surface area (Å²) in [6, 6.07) is 7.02. The van der Waals surface area contributed by atoms with Crippen LogP contribution in [0.1, 0.15) is 45.1 Å². The molecule has 2 atom stereocenters. The van der Waals surface area contributed by atoms with E-state index < -0.39 is 10.0 Å². The van der Waals surface area contributed by atoms with Crippen molar-refractivity contribution in [3.8, 4) is 0 Å². The number of hydrogen-bond donors (Lipinski definition) is 1. The topological polar surface area (TPSA) is 69.7 Å². The molecule has 0 radical (unpaired) electrons. The van der Waals surface area contributed by atoms with Crippen LogP contribution in [0.5, 0.6) is 0 Å². The molecule has 2 aliphatic rings. The first-order chi connectivity index (χ1) is 14.7. The number of hydrogen-bond acceptors (Lipinski definition) is 4. The molecule has 2 fully saturated rings. The maximum atomic E-state index is 12.8. The lowest BCUT2D eigenvalue weighted by atomic mass is 9.92. The second-order valence-electron chi connectivity index (χ2n) is 9.37. The van der Waals surface area contributed by atoms with Crippen LogP contribution >= 0.6 is 11.6 Å². The molecule has 2 heterocycles. The molecule has 1 amide bonds. The summed E-state index contributed by atoms with van der Waals surface area (Å²) in [5.41, 5.74) is 0.613. The average molecular weight is 470 g/mol. The highest BCUT2D eigenvalue weighted by Crippen LogP contribution is 2.24. The lowest BCUT2D eigenvalue weighted by molar-refractivity contribution is -0.126. The predicted molar refractivity (Wildman–Crippen MR) is 125 cm³/mol. The normalized spacial score (nSPS) is 24.2. The molecule has 3 rings (SSSR count). The molecule has 0 aromatic heterocycles. The number of likely N-dealkylation sites (tertiary alicyclic amines) is 1. The second kappa shape index (κ2) is 11.1. The molecule has 0 spiro atoms. The number of halogens is 1. The van der Waals surface area contributed by atoms with Crippen LogP contribution in [-0.4, -0.2) is 62.8 Å². The van der Waals surface area contributed by atoms with Gasteiger partial charge in [0, 0.05) is 43.7 Å². The van der Waals surface area contributed by atoms with E-state index in [0.29, 0.717) is 43.1 Å². The Bertz CT molecular complexity index is 830. The second-order valence-corrected chi connectivity index (χ2v) is 11.7. The van der Waals surface area contributed by atoms with E-state index in [1.54, 1.807) is 24.3 Å². The minimum Gasteiger partial charge on any atom is -0.356 e. The fourth-order valence-corrected chi connectivity index (χ4v) is 6.81. The number of carbonyl (C=O) groups excluding carboxylic acids is 1. The molecule has 6 nitrogen and oxygen atoms in total. The van der Waals surface area contributed by atoms with Crippen LogP contribution in [0, 0.1) is 17.8 Å². The largest absolute Gasteiger partial charge is 0.356 e. The first kappa shape index (κ1) is 24.5. The van der Waals surface area contributed by atoms with E-state index in [1.807, 2.05) is 0 Å². The molecule has 174 valence electrons. The number of piperidine rings is 2. The molecule has 1 aromatic carbocycles. The van der Waals surface area contributed by atoms with Crippen molar-refractivity contribution in [3.05, 3.63) is 34.9 Å². The minimum absolute atomic E-state index is 0.0588. The van der Waals surface area contributed by atoms with Gasteiger partial charge >= 0.3 is 0 Å². The van der Waals surface area contributed by atoms with E-state index in [9.17, 15) is 13.2 Å². The van der Waals surface area contributed by atoms with Crippen LogP contribution in [0.4, 0.5) is 0 Å². The van der Waals surface area contributed by atoms with Gasteiger partial charge < -0.3 is 10.2 Å². The van der Waals surface area contributed by atoms with Gasteiger partial charge in [-0.2, -0.15) is 0 Å². The number of rotatable bonds is 8. The average Bonchev–Trinajstić information content (AvgIpc) is 2.72. The maximum Gasteiger partial charge on any atom is 0.223 e. The van der Waals surface area contributed by atoms with Crippen LogP contribution in [0.15, 0.2) is 24.3 Å². The lowest BCUT2D eigenvalue weighted by Gasteiger charge is -2.35. The Morgan fingerprint density at radius 3 is 2.42 bits per heavy atom. The number of nitrogens with zero attached hydrogens (tertiary/aromatic N) is 2. The van der Waals surface area contributed by atoms with Crippen molar-refractivity contribution in [2.24, 2.45) is 17.8 Å². The Hall–Kier alpha value is -1.15. The van der Waals surface area contributed by atoms with Crippen LogP contribution in [0.3, 0.4) is 0 Å². The summed E-state index contributed by atoms with van der Waals surface area (Å²) in [4.78, 5) is 15.0. The third-order valence-corrected chi connectivity index (χ3v) is 8.61. The van der Waals surface area contributed by atoms with Crippen molar-refractivity contribution in [2.45, 2.75) is 45.3 Å². The number of sulfonamides is 1. The van der Waals surface area contributed by atoms with E-state index in [-0.39, 0.29) is 17.6 Å². The third kappa shape index (κ3) is 7.17. The Morgan fingerprint density at radius 2 is 1.77 bits per heavy atom. The number of carbonyl (C=O) groups is 1. The Morgan fingerprint density at radius 1 is 1.13 bits per heavy atom. The van der Waals surface area contributed by atoms with Gasteiger partial charge in [-0.1, -0.05) is 43.6 Å². The van der Waals surface area contributed by atoms with E-state index in [0.717, 1.165) is 37.9 Å². The summed E-state index contributed by atoms with van der Waals surface area (Å²) < 4.78 is 27.0. The summed E-state index contributed by atoms with van der Waals surface area (Å²) in [6.45, 7) is 9.40. The monoisotopic (exact) mass is 469 g/mol. The Kier molecular flexibility index (Phi) is 8.79. The number of benzene rings is 1. The van der Waals surface area contributed by atoms with Gasteiger partial charge in [0.05, 0.1) is 5.75 Å². The van der Waals surface area contributed by atoms with Crippen molar-refractivity contribution in [1.82, 2.24) is 14.5 Å². The molecule has 31 heavy (non-hydrogen) atoms. The van der Waals surface area contributed by atoms with Crippen LogP contribution in [0.2, 0.25) is 5.02 Å². The fraction of sp³-hybridized carbons (Fsp3) is 0.696. The fourth-order valence-electron chi connectivity index (χ4n) is 4.93. The molecular formula is C23H36ClN3O3S. The van der Waals surface area contributed by atoms with E-state index in [4.69, 9.17) is 11.6 Å². The molecule has 0 unspecified atom stereocenters. The molecule has 0 aliphatic carbocycles. The summed E-state index contributed by atoms with van der Waals surface area (Å²) in [7, 11) is -3.44. The highest BCUT2D eigenvalue weighted by atomic mass is 35.5. The maximum absolute atomic E-state index is 12.8. The van der Waals surface area contributed by atoms with E-state index in [2.05, 4.69) is 24.1 Å². The quantitative estimate of drug-likeness (QED) is 0.592. The molecule has 2 saturated heterocycles. The smallest absolute Gasteiger partial charge is 0.223 e. The first-order valence-electron chi connectivity index (χ1n) is 11.5. The number of amides is 1. The highest BCUT2D eigenvalue weighted by molar-refractivity contribution is 7.88. The molecule has 1 N–H and O–H groups in total. The van der Waals surface area contributed by atoms with Gasteiger partial charge in [-0.15, -0.1) is 0 Å². The van der Waals surface area contributed by atoms with Crippen molar-refractivity contribution in [2.75, 3.05) is 39.3 Å². The summed E-state index contributed by atoms with van der Waals surface area (Å²) in [6.07, 6.45) is 3.39. The van der Waals surface area contributed by atoms with Crippen molar-refractivity contribution >= 4 is 27.5 Å². The van der Waals surface area contributed by atoms with Crippen molar-refractivity contribution in [3.63, 3.8) is 0 Å². The van der Waals surface area contributed by atoms with E-state index >= 15 is 0 Å². The molecule has 0 saturated carbocycles. The Balaban J connectivity index is 1.38. The van der Waals surface area contributed by atoms with Crippen LogP contribution < -0.4 is 5.32 Å². The third-order valence-electron chi connectivity index (χ3n) is 6.41. The zero-order valence-electron chi connectivity index (χ0n) is 18.7. The summed E-state index contributed by atoms with van der Waals surface area (Å²) >= 11 is 6.12. The van der Waals surface area contributed by atoms with Gasteiger partial charge in [-0.25, -0.2) is 12.7 Å². The lowest BCUT2D eigenvalue weighted by Crippen LogP contribution is -2.44. The molecular weight excluding hydrogens is 434 g/mol. The molecule has 2 aliphatic heterocycles. The standard InChI is InChI=1S/C23H36ClN3O3S/c1-18-14-19(2)16-26(15-18)11-5-10-25-23(28)20-8-12-27(13-9-20)31(29,30)17-21-6-3-4-7-22(21)24/h3-4,6-7,18-20H,5,8-17H2,1-2H3,(H,25,28)/t18-,19+. The molecule has 0 bridgehead atoms. The van der Waals surface area contributed by atoms with Crippen molar-refractivity contribution < 1.29 is 13.2 Å². The zero-order chi connectivity index (χ0) is 22.4. The molecule has 8 heteroatoms. The van der Waals surface area contributed by atoms with Gasteiger partial charge in [0.25, 0.3) is 0 Å². The van der Waals surface area contributed by atoms with Gasteiger partial charge in [0.1, 0.15) is 0 Å². The summed E-state index contributed by atoms with van der Waals surface area (Å²) in [5, 5.41) is 3.53. The highest BCUT2D eigenvalue weighted by Gasteiger charge is 2.31. The summed E-state index contributed by atoms with van der Waals surface area (Å²) in [5.74, 6) is 1.35. The minimum atomic E-state index is -3.44. The first-order valence-corrected chi connectivity index (χ1v) is 13.4. The predicted octanol–water partition coefficient (Wildman–Crippen LogP) is 3.37. The number of nitrogens with one attached hydrogen (secondary N) is 1. The van der Waals surface area contributed by atoms with Gasteiger partial charge in [0.15, 0.2) is 0 Å². The van der Waals surface area contributed by atoms with Gasteiger partial charge in [0.2, 0.25) is 15.9 Å². The van der Waals surface area contributed by atoms with Crippen LogP contribution in [-0.2, 0) is 20.6 Å². The SMILES string of the molecule is C[C@@H]1C[C@H](C)CN(CCCNC(=O)C2CCN(S(=O)(=O)Cc3ccccc3Cl)CC2)C1.